The highest BCUT2D eigenvalue weighted by atomic mass is 35.5. The second kappa shape index (κ2) is 30.5. The van der Waals surface area contributed by atoms with Crippen molar-refractivity contribution in [2.45, 2.75) is 117 Å². The third kappa shape index (κ3) is 18.7. The van der Waals surface area contributed by atoms with Gasteiger partial charge >= 0.3 is 0 Å². The fourth-order valence-corrected chi connectivity index (χ4v) is 15.7. The molecule has 0 bridgehead atoms. The van der Waals surface area contributed by atoms with E-state index < -0.39 is 53.2 Å². The fraction of sp³-hybridized carbons (Fsp3) is 0.391. The third-order valence-corrected chi connectivity index (χ3v) is 23.7. The fourth-order valence-electron chi connectivity index (χ4n) is 10.8. The number of nitrogen functional groups attached to an aromatic ring is 2. The summed E-state index contributed by atoms with van der Waals surface area (Å²) in [6.07, 6.45) is -1.25. The molecule has 0 spiro atoms. The number of H-pyrrole nitrogens is 1. The number of benzene rings is 6. The zero-order valence-electron chi connectivity index (χ0n) is 51.6. The van der Waals surface area contributed by atoms with Gasteiger partial charge in [0.25, 0.3) is 17.8 Å². The number of hydrogen-bond donors (Lipinski definition) is 4. The van der Waals surface area contributed by atoms with Crippen molar-refractivity contribution >= 4 is 156 Å². The Morgan fingerprint density at radius 2 is 0.884 bits per heavy atom. The lowest BCUT2D eigenvalue weighted by atomic mass is 10.00. The van der Waals surface area contributed by atoms with E-state index in [1.807, 2.05) is 0 Å². The molecule has 95 heavy (non-hydrogen) atoms. The number of rotatable bonds is 18. The zero-order valence-corrected chi connectivity index (χ0v) is 58.6. The number of sulfone groups is 3. The van der Waals surface area contributed by atoms with Gasteiger partial charge in [0.1, 0.15) is 17.1 Å². The maximum Gasteiger partial charge on any atom is 0.251 e. The lowest BCUT2D eigenvalue weighted by molar-refractivity contribution is -0.118. The SMILES string of the molecule is CCS(=O)(=O)c1ccc(CC(=O)Cc2cc(Cl)c(N3CCC(F)(F)CC3)c(Cl)c2N)cc1.CCS(=O)(=O)c1ccc(CC(=O)Nc2c(N)cc(Cl)c(N3CCC(F)(F)CC3)c2Cl)cc1.CCS(=O)(=O)c1ccc(Cc2nc3c(Cl)c(N4CCC(F)(F)CC4)c(Cl)cc3[nH]2)cc1. The van der Waals surface area contributed by atoms with Crippen LogP contribution in [-0.4, -0.2) is 121 Å². The van der Waals surface area contributed by atoms with Crippen molar-refractivity contribution in [1.29, 1.82) is 0 Å². The van der Waals surface area contributed by atoms with Crippen molar-refractivity contribution < 1.29 is 61.2 Å². The Hall–Kier alpha value is -5.90. The van der Waals surface area contributed by atoms with E-state index in [0.29, 0.717) is 67.1 Å². The van der Waals surface area contributed by atoms with Gasteiger partial charge in [-0.25, -0.2) is 56.6 Å². The number of anilines is 6. The van der Waals surface area contributed by atoms with Crippen LogP contribution in [0, 0.1) is 0 Å². The van der Waals surface area contributed by atoms with Crippen LogP contribution in [0.3, 0.4) is 0 Å². The molecule has 0 radical (unpaired) electrons. The molecule has 31 heteroatoms. The number of piperidine rings is 3. The molecule has 0 saturated carbocycles. The van der Waals surface area contributed by atoms with Crippen LogP contribution in [0.2, 0.25) is 30.1 Å². The van der Waals surface area contributed by atoms with Crippen molar-refractivity contribution in [3.05, 3.63) is 149 Å². The minimum Gasteiger partial charge on any atom is -0.397 e. The van der Waals surface area contributed by atoms with Gasteiger partial charge in [-0.2, -0.15) is 0 Å². The van der Waals surface area contributed by atoms with Gasteiger partial charge in [-0.05, 0) is 76.9 Å². The molecule has 6 aromatic carbocycles. The Morgan fingerprint density at radius 3 is 1.31 bits per heavy atom. The van der Waals surface area contributed by atoms with E-state index in [-0.39, 0.29) is 172 Å². The number of Topliss-reactive ketones (excluding diaryl/α,β-unsaturated/α-hetero) is 1. The summed E-state index contributed by atoms with van der Waals surface area (Å²) in [5.41, 5.74) is 17.7. The summed E-state index contributed by atoms with van der Waals surface area (Å²) in [5.74, 6) is -8.00. The van der Waals surface area contributed by atoms with E-state index in [2.05, 4.69) is 15.3 Å². The number of imidazole rings is 1. The molecule has 0 unspecified atom stereocenters. The van der Waals surface area contributed by atoms with Crippen LogP contribution >= 0.6 is 69.6 Å². The molecule has 3 aliphatic rings. The predicted octanol–water partition coefficient (Wildman–Crippen LogP) is 15.2. The van der Waals surface area contributed by atoms with Crippen LogP contribution in [0.1, 0.15) is 87.4 Å². The second-order valence-electron chi connectivity index (χ2n) is 23.1. The zero-order chi connectivity index (χ0) is 69.8. The molecular formula is C64H68Cl6F6N8O8S3. The van der Waals surface area contributed by atoms with E-state index in [1.54, 1.807) is 96.1 Å². The van der Waals surface area contributed by atoms with E-state index in [1.165, 1.54) is 30.3 Å². The number of alkyl halides is 6. The Kier molecular flexibility index (Phi) is 24.0. The summed E-state index contributed by atoms with van der Waals surface area (Å²) in [6, 6.07) is 23.6. The molecule has 1 amide bonds. The smallest absolute Gasteiger partial charge is 0.251 e. The average molecular weight is 1500 g/mol. The molecule has 0 aliphatic carbocycles. The van der Waals surface area contributed by atoms with Gasteiger partial charge in [-0.3, -0.25) is 9.59 Å². The minimum absolute atomic E-state index is 0.00191. The van der Waals surface area contributed by atoms with Gasteiger partial charge in [0.2, 0.25) is 5.91 Å². The normalized spacial score (nSPS) is 16.3. The van der Waals surface area contributed by atoms with E-state index in [9.17, 15) is 61.2 Å². The Labute approximate surface area is 577 Å². The van der Waals surface area contributed by atoms with Gasteiger partial charge in [0.05, 0.1) is 108 Å². The molecule has 3 fully saturated rings. The number of nitrogens with two attached hydrogens (primary N) is 2. The predicted molar refractivity (Wildman–Crippen MR) is 367 cm³/mol. The first-order valence-corrected chi connectivity index (χ1v) is 37.2. The molecule has 16 nitrogen and oxygen atoms in total. The standard InChI is InChI=1S/C22H24Cl2F2N2O3S.C21H23Cl2F2N3O3S.C21H21Cl2F2N3O2S/c1-2-32(30,31)17-5-3-14(4-6-17)11-16(29)12-15-13-18(23)21(19(24)20(15)27)28-9-7-22(25,26)8-10-28;1-2-32(30,31)14-5-3-13(4-6-14)11-17(29)27-19-16(26)12-15(22)20(18(19)23)28-9-7-21(24,25)8-10-28;1-2-31(29,30)14-5-3-13(4-6-14)11-17-26-16-12-15(22)20(18(23)19(16)27-17)28-9-7-21(24,25)8-10-28/h3-6,13H,2,7-12,27H2,1H3;3-6,12H,2,7-11,26H2,1H3,(H,27,29);3-6,12H,2,7-11H2,1H3,(H,26,27). The first kappa shape index (κ1) is 74.9. The molecule has 7 aromatic rings. The largest absolute Gasteiger partial charge is 0.397 e. The maximum absolute atomic E-state index is 13.5. The second-order valence-corrected chi connectivity index (χ2v) is 32.3. The van der Waals surface area contributed by atoms with Gasteiger partial charge in [0, 0.05) is 97.1 Å². The topological polar surface area (TPSA) is 239 Å². The maximum atomic E-state index is 13.5. The first-order valence-electron chi connectivity index (χ1n) is 30.0. The number of carbonyl (C=O) groups excluding carboxylic acids is 2. The van der Waals surface area contributed by atoms with Gasteiger partial charge in [-0.15, -0.1) is 0 Å². The number of halogens is 12. The summed E-state index contributed by atoms with van der Waals surface area (Å²) in [5, 5.41) is 4.07. The average Bonchev–Trinajstić information content (AvgIpc) is 1.76. The third-order valence-electron chi connectivity index (χ3n) is 16.4. The van der Waals surface area contributed by atoms with Crippen LogP contribution in [0.15, 0.2) is 106 Å². The van der Waals surface area contributed by atoms with Crippen molar-refractivity contribution in [2.24, 2.45) is 0 Å². The number of nitrogens with zero attached hydrogens (tertiary/aromatic N) is 4. The number of carbonyl (C=O) groups is 2. The number of hydrogen-bond acceptors (Lipinski definition) is 14. The summed E-state index contributed by atoms with van der Waals surface area (Å²) in [4.78, 5) is 38.8. The summed E-state index contributed by atoms with van der Waals surface area (Å²) in [6.45, 7) is 5.41. The van der Waals surface area contributed by atoms with Crippen LogP contribution in [-0.2, 0) is 64.8 Å². The first-order chi connectivity index (χ1) is 44.5. The molecule has 3 aliphatic heterocycles. The van der Waals surface area contributed by atoms with Crippen LogP contribution < -0.4 is 31.5 Å². The van der Waals surface area contributed by atoms with Crippen LogP contribution in [0.5, 0.6) is 0 Å². The van der Waals surface area contributed by atoms with Gasteiger partial charge < -0.3 is 36.5 Å². The molecule has 1 aromatic heterocycles. The monoisotopic (exact) mass is 1500 g/mol. The van der Waals surface area contributed by atoms with E-state index in [4.69, 9.17) is 81.1 Å². The molecule has 4 heterocycles. The highest BCUT2D eigenvalue weighted by Crippen LogP contribution is 2.47. The number of aromatic nitrogens is 2. The Balaban J connectivity index is 0.000000183. The highest BCUT2D eigenvalue weighted by Gasteiger charge is 2.38. The Morgan fingerprint density at radius 1 is 0.516 bits per heavy atom. The molecule has 10 rings (SSSR count). The summed E-state index contributed by atoms with van der Waals surface area (Å²) in [7, 11) is -9.88. The number of nitrogens with one attached hydrogen (secondary N) is 2. The number of ketones is 1. The number of amides is 1. The molecule has 3 saturated heterocycles. The van der Waals surface area contributed by atoms with Gasteiger partial charge in [0.15, 0.2) is 29.5 Å². The van der Waals surface area contributed by atoms with Crippen LogP contribution in [0.4, 0.5) is 60.5 Å². The molecule has 0 atom stereocenters. The summed E-state index contributed by atoms with van der Waals surface area (Å²) >= 11 is 38.6. The Bertz CT molecular complexity index is 4320. The lowest BCUT2D eigenvalue weighted by Crippen LogP contribution is -2.39. The van der Waals surface area contributed by atoms with E-state index >= 15 is 0 Å². The van der Waals surface area contributed by atoms with Crippen LogP contribution in [0.25, 0.3) is 11.0 Å². The lowest BCUT2D eigenvalue weighted by Gasteiger charge is -2.35. The van der Waals surface area contributed by atoms with E-state index in [0.717, 1.165) is 5.56 Å². The quantitative estimate of drug-likeness (QED) is 0.0462. The minimum atomic E-state index is -3.33. The van der Waals surface area contributed by atoms with Gasteiger partial charge in [-0.1, -0.05) is 127 Å². The molecule has 514 valence electrons. The van der Waals surface area contributed by atoms with Crippen molar-refractivity contribution in [1.82, 2.24) is 9.97 Å². The van der Waals surface area contributed by atoms with Crippen molar-refractivity contribution in [2.75, 3.05) is 88.0 Å². The highest BCUT2D eigenvalue weighted by molar-refractivity contribution is 7.92. The van der Waals surface area contributed by atoms with Crippen molar-refractivity contribution in [3.8, 4) is 0 Å². The molecular weight excluding hydrogens is 1430 g/mol. The summed E-state index contributed by atoms with van der Waals surface area (Å²) < 4.78 is 153. The van der Waals surface area contributed by atoms with Crippen molar-refractivity contribution in [3.63, 3.8) is 0 Å². The number of fused-ring (bicyclic) bond motifs is 1. The number of aromatic amines is 1. The molecule has 6 N–H and O–H groups in total.